The molecule has 6 nitrogen and oxygen atoms in total. The summed E-state index contributed by atoms with van der Waals surface area (Å²) in [5.41, 5.74) is 5.49. The highest BCUT2D eigenvalue weighted by atomic mass is 32.2. The molecule has 0 spiro atoms. The summed E-state index contributed by atoms with van der Waals surface area (Å²) in [7, 11) is -3.40. The Kier molecular flexibility index (Phi) is 4.33. The number of piperazine rings is 1. The zero-order valence-electron chi connectivity index (χ0n) is 10.4. The fraction of sp³-hybridized carbons (Fsp3) is 0.700. The van der Waals surface area contributed by atoms with Gasteiger partial charge in [-0.15, -0.1) is 11.3 Å². The van der Waals surface area contributed by atoms with Crippen LogP contribution in [0.3, 0.4) is 0 Å². The predicted molar refractivity (Wildman–Crippen MR) is 71.1 cm³/mol. The van der Waals surface area contributed by atoms with E-state index in [0.29, 0.717) is 19.6 Å². The highest BCUT2D eigenvalue weighted by Gasteiger charge is 2.29. The molecule has 0 aliphatic carbocycles. The van der Waals surface area contributed by atoms with Gasteiger partial charge in [0.1, 0.15) is 0 Å². The van der Waals surface area contributed by atoms with Gasteiger partial charge in [-0.3, -0.25) is 4.90 Å². The third-order valence-electron chi connectivity index (χ3n) is 2.98. The first-order valence-corrected chi connectivity index (χ1v) is 8.20. The van der Waals surface area contributed by atoms with Gasteiger partial charge in [0, 0.05) is 44.6 Å². The van der Waals surface area contributed by atoms with E-state index < -0.39 is 10.0 Å². The van der Waals surface area contributed by atoms with Gasteiger partial charge in [0.25, 0.3) is 10.0 Å². The maximum atomic E-state index is 12.3. The molecule has 1 aromatic heterocycles. The van der Waals surface area contributed by atoms with Crippen LogP contribution in [0.15, 0.2) is 10.4 Å². The van der Waals surface area contributed by atoms with Crippen molar-refractivity contribution >= 4 is 21.4 Å². The summed E-state index contributed by atoms with van der Waals surface area (Å²) in [5, 5.41) is 2.56. The molecular formula is C10H18N4O2S2. The quantitative estimate of drug-likeness (QED) is 0.825. The monoisotopic (exact) mass is 290 g/mol. The molecule has 1 aromatic rings. The lowest BCUT2D eigenvalue weighted by Crippen LogP contribution is -2.49. The van der Waals surface area contributed by atoms with Gasteiger partial charge in [-0.25, -0.2) is 13.4 Å². The molecule has 8 heteroatoms. The molecule has 1 saturated heterocycles. The Balaban J connectivity index is 2.05. The number of thiazole rings is 1. The zero-order valence-corrected chi connectivity index (χ0v) is 12.0. The number of aromatic nitrogens is 1. The predicted octanol–water partition coefficient (Wildman–Crippen LogP) is -0.283. The maximum Gasteiger partial charge on any atom is 0.261 e. The van der Waals surface area contributed by atoms with Crippen molar-refractivity contribution in [3.8, 4) is 0 Å². The van der Waals surface area contributed by atoms with Crippen LogP contribution in [-0.2, 0) is 10.0 Å². The molecule has 2 N–H and O–H groups in total. The lowest BCUT2D eigenvalue weighted by Gasteiger charge is -2.33. The number of nitrogens with two attached hydrogens (primary N) is 1. The van der Waals surface area contributed by atoms with Crippen molar-refractivity contribution in [2.75, 3.05) is 39.3 Å². The molecule has 0 radical (unpaired) electrons. The molecule has 0 bridgehead atoms. The van der Waals surface area contributed by atoms with Crippen molar-refractivity contribution in [2.24, 2.45) is 5.73 Å². The topological polar surface area (TPSA) is 79.5 Å². The standard InChI is InChI=1S/C10H18N4O2S2/c1-9-12-10(8-17-9)18(15,16)14-6-4-13(3-2-11)5-7-14/h8H,2-7,11H2,1H3. The van der Waals surface area contributed by atoms with Crippen molar-refractivity contribution in [1.29, 1.82) is 0 Å². The molecule has 0 unspecified atom stereocenters. The highest BCUT2D eigenvalue weighted by molar-refractivity contribution is 7.89. The van der Waals surface area contributed by atoms with Crippen LogP contribution in [0.2, 0.25) is 0 Å². The lowest BCUT2D eigenvalue weighted by molar-refractivity contribution is 0.192. The molecule has 102 valence electrons. The van der Waals surface area contributed by atoms with E-state index >= 15 is 0 Å². The van der Waals surface area contributed by atoms with Crippen LogP contribution in [0.1, 0.15) is 5.01 Å². The molecule has 0 aromatic carbocycles. The Morgan fingerprint density at radius 2 is 2.06 bits per heavy atom. The van der Waals surface area contributed by atoms with Gasteiger partial charge in [-0.2, -0.15) is 4.31 Å². The summed E-state index contributed by atoms with van der Waals surface area (Å²) in [6.07, 6.45) is 0. The number of nitrogens with zero attached hydrogens (tertiary/aromatic N) is 3. The minimum atomic E-state index is -3.40. The molecule has 0 amide bonds. The first-order chi connectivity index (χ1) is 8.54. The van der Waals surface area contributed by atoms with E-state index in [4.69, 9.17) is 5.73 Å². The summed E-state index contributed by atoms with van der Waals surface area (Å²) in [6.45, 7) is 5.74. The van der Waals surface area contributed by atoms with Gasteiger partial charge >= 0.3 is 0 Å². The Morgan fingerprint density at radius 1 is 1.39 bits per heavy atom. The second-order valence-electron chi connectivity index (χ2n) is 4.24. The normalized spacial score (nSPS) is 19.2. The minimum absolute atomic E-state index is 0.178. The fourth-order valence-corrected chi connectivity index (χ4v) is 4.29. The molecule has 1 aliphatic rings. The third kappa shape index (κ3) is 2.89. The van der Waals surface area contributed by atoms with E-state index in [0.717, 1.165) is 24.6 Å². The molecule has 2 rings (SSSR count). The van der Waals surface area contributed by atoms with Crippen LogP contribution < -0.4 is 5.73 Å². The van der Waals surface area contributed by atoms with Crippen LogP contribution in [0.5, 0.6) is 0 Å². The van der Waals surface area contributed by atoms with E-state index in [1.165, 1.54) is 15.6 Å². The van der Waals surface area contributed by atoms with Gasteiger partial charge in [0.05, 0.1) is 5.01 Å². The Hall–Kier alpha value is -0.540. The van der Waals surface area contributed by atoms with Crippen LogP contribution in [0.25, 0.3) is 0 Å². The molecule has 18 heavy (non-hydrogen) atoms. The van der Waals surface area contributed by atoms with E-state index in [1.807, 2.05) is 6.92 Å². The van der Waals surface area contributed by atoms with Gasteiger partial charge in [0.15, 0.2) is 5.03 Å². The van der Waals surface area contributed by atoms with Gasteiger partial charge in [0.2, 0.25) is 0 Å². The number of sulfonamides is 1. The summed E-state index contributed by atoms with van der Waals surface area (Å²) < 4.78 is 26.1. The third-order valence-corrected chi connectivity index (χ3v) is 5.68. The van der Waals surface area contributed by atoms with E-state index in [-0.39, 0.29) is 5.03 Å². The summed E-state index contributed by atoms with van der Waals surface area (Å²) >= 11 is 1.36. The summed E-state index contributed by atoms with van der Waals surface area (Å²) in [6, 6.07) is 0. The van der Waals surface area contributed by atoms with Crippen molar-refractivity contribution in [3.05, 3.63) is 10.4 Å². The van der Waals surface area contributed by atoms with E-state index in [9.17, 15) is 8.42 Å². The average molecular weight is 290 g/mol. The van der Waals surface area contributed by atoms with Gasteiger partial charge in [-0.1, -0.05) is 0 Å². The second-order valence-corrected chi connectivity index (χ2v) is 7.19. The molecule has 0 saturated carbocycles. The smallest absolute Gasteiger partial charge is 0.261 e. The van der Waals surface area contributed by atoms with Crippen molar-refractivity contribution in [3.63, 3.8) is 0 Å². The Morgan fingerprint density at radius 3 is 2.56 bits per heavy atom. The molecular weight excluding hydrogens is 272 g/mol. The van der Waals surface area contributed by atoms with Crippen LogP contribution >= 0.6 is 11.3 Å². The molecule has 1 fully saturated rings. The summed E-state index contributed by atoms with van der Waals surface area (Å²) in [4.78, 5) is 6.25. The Bertz CT molecular complexity index is 492. The SMILES string of the molecule is Cc1nc(S(=O)(=O)N2CCN(CCN)CC2)cs1. The largest absolute Gasteiger partial charge is 0.329 e. The maximum absolute atomic E-state index is 12.3. The fourth-order valence-electron chi connectivity index (χ4n) is 1.97. The van der Waals surface area contributed by atoms with Crippen LogP contribution in [0, 0.1) is 6.92 Å². The average Bonchev–Trinajstić information content (AvgIpc) is 2.78. The summed E-state index contributed by atoms with van der Waals surface area (Å²) in [5.74, 6) is 0. The van der Waals surface area contributed by atoms with Crippen molar-refractivity contribution in [1.82, 2.24) is 14.2 Å². The number of rotatable bonds is 4. The molecule has 0 atom stereocenters. The Labute approximate surface area is 111 Å². The van der Waals surface area contributed by atoms with Crippen LogP contribution in [-0.4, -0.2) is 61.9 Å². The van der Waals surface area contributed by atoms with E-state index in [1.54, 1.807) is 5.38 Å². The number of aryl methyl sites for hydroxylation is 1. The number of hydrogen-bond acceptors (Lipinski definition) is 6. The molecule has 2 heterocycles. The minimum Gasteiger partial charge on any atom is -0.329 e. The second kappa shape index (κ2) is 5.62. The lowest BCUT2D eigenvalue weighted by atomic mass is 10.3. The van der Waals surface area contributed by atoms with E-state index in [2.05, 4.69) is 9.88 Å². The van der Waals surface area contributed by atoms with Crippen molar-refractivity contribution < 1.29 is 8.42 Å². The number of hydrogen-bond donors (Lipinski definition) is 1. The van der Waals surface area contributed by atoms with Gasteiger partial charge in [-0.05, 0) is 6.92 Å². The highest BCUT2D eigenvalue weighted by Crippen LogP contribution is 2.19. The van der Waals surface area contributed by atoms with Gasteiger partial charge < -0.3 is 5.73 Å². The van der Waals surface area contributed by atoms with Crippen molar-refractivity contribution in [2.45, 2.75) is 11.9 Å². The van der Waals surface area contributed by atoms with Crippen LogP contribution in [0.4, 0.5) is 0 Å². The first-order valence-electron chi connectivity index (χ1n) is 5.89. The first kappa shape index (κ1) is 13.9. The zero-order chi connectivity index (χ0) is 13.2. The molecule has 1 aliphatic heterocycles.